The van der Waals surface area contributed by atoms with Crippen LogP contribution in [-0.2, 0) is 12.8 Å². The van der Waals surface area contributed by atoms with Crippen molar-refractivity contribution in [3.05, 3.63) is 52.3 Å². The maximum absolute atomic E-state index is 12.3. The Bertz CT molecular complexity index is 683. The van der Waals surface area contributed by atoms with Gasteiger partial charge in [0.05, 0.1) is 0 Å². The first-order valence-electron chi connectivity index (χ1n) is 6.92. The lowest BCUT2D eigenvalue weighted by Gasteiger charge is -2.17. The van der Waals surface area contributed by atoms with E-state index in [9.17, 15) is 9.90 Å². The van der Waals surface area contributed by atoms with E-state index in [1.807, 2.05) is 0 Å². The molecule has 0 unspecified atom stereocenters. The molecule has 0 aliphatic heterocycles. The van der Waals surface area contributed by atoms with Crippen LogP contribution in [0.15, 0.2) is 30.5 Å². The Morgan fingerprint density at radius 1 is 1.19 bits per heavy atom. The predicted molar refractivity (Wildman–Crippen MR) is 81.9 cm³/mol. The molecule has 108 valence electrons. The number of rotatable bonds is 2. The van der Waals surface area contributed by atoms with E-state index < -0.39 is 0 Å². The summed E-state index contributed by atoms with van der Waals surface area (Å²) in [5, 5.41) is 13.6. The maximum Gasteiger partial charge on any atom is 0.261 e. The van der Waals surface area contributed by atoms with Gasteiger partial charge in [0.1, 0.15) is 11.3 Å². The average molecular weight is 303 g/mol. The van der Waals surface area contributed by atoms with Crippen molar-refractivity contribution >= 4 is 23.2 Å². The minimum Gasteiger partial charge on any atom is -0.507 e. The third kappa shape index (κ3) is 2.85. The van der Waals surface area contributed by atoms with E-state index in [1.54, 1.807) is 24.3 Å². The molecule has 2 N–H and O–H groups in total. The van der Waals surface area contributed by atoms with Crippen molar-refractivity contribution in [3.8, 4) is 5.75 Å². The average Bonchev–Trinajstić information content (AvgIpc) is 2.50. The van der Waals surface area contributed by atoms with E-state index in [4.69, 9.17) is 11.6 Å². The summed E-state index contributed by atoms with van der Waals surface area (Å²) in [6, 6.07) is 6.82. The Labute approximate surface area is 127 Å². The summed E-state index contributed by atoms with van der Waals surface area (Å²) < 4.78 is 0. The van der Waals surface area contributed by atoms with Gasteiger partial charge in [0.15, 0.2) is 0 Å². The van der Waals surface area contributed by atoms with Crippen molar-refractivity contribution in [1.29, 1.82) is 0 Å². The van der Waals surface area contributed by atoms with Crippen molar-refractivity contribution in [2.75, 3.05) is 5.32 Å². The van der Waals surface area contributed by atoms with Gasteiger partial charge in [0, 0.05) is 28.2 Å². The summed E-state index contributed by atoms with van der Waals surface area (Å²) in [7, 11) is 0. The second kappa shape index (κ2) is 5.74. The quantitative estimate of drug-likeness (QED) is 0.891. The van der Waals surface area contributed by atoms with Gasteiger partial charge in [-0.2, -0.15) is 0 Å². The van der Waals surface area contributed by atoms with Crippen LogP contribution in [0.4, 0.5) is 5.69 Å². The van der Waals surface area contributed by atoms with Crippen molar-refractivity contribution in [2.24, 2.45) is 0 Å². The number of carbonyl (C=O) groups is 1. The normalized spacial score (nSPS) is 13.6. The second-order valence-electron chi connectivity index (χ2n) is 5.11. The van der Waals surface area contributed by atoms with Gasteiger partial charge in [-0.3, -0.25) is 9.78 Å². The molecule has 1 heterocycles. The fourth-order valence-electron chi connectivity index (χ4n) is 2.55. The molecule has 2 aromatic rings. The van der Waals surface area contributed by atoms with Crippen LogP contribution in [0.5, 0.6) is 5.75 Å². The Morgan fingerprint density at radius 3 is 2.67 bits per heavy atom. The van der Waals surface area contributed by atoms with Gasteiger partial charge in [0.2, 0.25) is 0 Å². The molecule has 0 fully saturated rings. The van der Waals surface area contributed by atoms with E-state index in [-0.39, 0.29) is 17.2 Å². The smallest absolute Gasteiger partial charge is 0.261 e. The summed E-state index contributed by atoms with van der Waals surface area (Å²) in [5.74, 6) is -0.304. The van der Waals surface area contributed by atoms with Gasteiger partial charge >= 0.3 is 0 Å². The van der Waals surface area contributed by atoms with E-state index >= 15 is 0 Å². The molecule has 1 aliphatic carbocycles. The number of aromatic hydroxyl groups is 1. The minimum atomic E-state index is -0.365. The molecule has 5 heteroatoms. The van der Waals surface area contributed by atoms with Gasteiger partial charge in [-0.25, -0.2) is 0 Å². The van der Waals surface area contributed by atoms with Gasteiger partial charge in [-0.1, -0.05) is 11.6 Å². The van der Waals surface area contributed by atoms with Crippen LogP contribution in [0.1, 0.15) is 34.5 Å². The van der Waals surface area contributed by atoms with E-state index in [2.05, 4.69) is 10.3 Å². The molecule has 4 nitrogen and oxygen atoms in total. The number of hydrogen-bond acceptors (Lipinski definition) is 3. The van der Waals surface area contributed by atoms with Crippen LogP contribution in [0, 0.1) is 0 Å². The molecule has 0 saturated carbocycles. The third-order valence-corrected chi connectivity index (χ3v) is 3.93. The first-order chi connectivity index (χ1) is 10.1. The van der Waals surface area contributed by atoms with E-state index in [0.717, 1.165) is 36.9 Å². The SMILES string of the molecule is O=C(Nc1ccc(Cl)cc1)c1cnc2c(c1O)CCCC2. The van der Waals surface area contributed by atoms with Crippen LogP contribution in [-0.4, -0.2) is 16.0 Å². The Kier molecular flexibility index (Phi) is 3.80. The van der Waals surface area contributed by atoms with Crippen molar-refractivity contribution < 1.29 is 9.90 Å². The highest BCUT2D eigenvalue weighted by Gasteiger charge is 2.21. The first kappa shape index (κ1) is 13.9. The molecular weight excluding hydrogens is 288 g/mol. The van der Waals surface area contributed by atoms with E-state index in [1.165, 1.54) is 6.20 Å². The molecule has 1 aromatic carbocycles. The van der Waals surface area contributed by atoms with Crippen molar-refractivity contribution in [1.82, 2.24) is 4.98 Å². The zero-order valence-electron chi connectivity index (χ0n) is 11.4. The number of benzene rings is 1. The van der Waals surface area contributed by atoms with Crippen LogP contribution in [0.2, 0.25) is 5.02 Å². The summed E-state index contributed by atoms with van der Waals surface area (Å²) in [6.45, 7) is 0. The highest BCUT2D eigenvalue weighted by atomic mass is 35.5. The molecule has 3 rings (SSSR count). The molecule has 1 aliphatic rings. The van der Waals surface area contributed by atoms with Crippen LogP contribution in [0.25, 0.3) is 0 Å². The molecule has 0 saturated heterocycles. The number of amides is 1. The van der Waals surface area contributed by atoms with E-state index in [0.29, 0.717) is 10.7 Å². The molecular formula is C16H15ClN2O2. The Hall–Kier alpha value is -2.07. The van der Waals surface area contributed by atoms with Crippen LogP contribution in [0.3, 0.4) is 0 Å². The van der Waals surface area contributed by atoms with Gasteiger partial charge < -0.3 is 10.4 Å². The standard InChI is InChI=1S/C16H15ClN2O2/c17-10-5-7-11(8-6-10)19-16(21)13-9-18-14-4-2-1-3-12(14)15(13)20/h5-9H,1-4H2,(H,18,20)(H,19,21). The minimum absolute atomic E-state index is 0.0613. The number of pyridine rings is 1. The first-order valence-corrected chi connectivity index (χ1v) is 7.29. The summed E-state index contributed by atoms with van der Waals surface area (Å²) in [6.07, 6.45) is 5.18. The number of carbonyl (C=O) groups excluding carboxylic acids is 1. The summed E-state index contributed by atoms with van der Waals surface area (Å²) >= 11 is 5.81. The van der Waals surface area contributed by atoms with Gasteiger partial charge in [-0.05, 0) is 49.9 Å². The second-order valence-corrected chi connectivity index (χ2v) is 5.55. The molecule has 0 spiro atoms. The number of fused-ring (bicyclic) bond motifs is 1. The third-order valence-electron chi connectivity index (χ3n) is 3.68. The zero-order chi connectivity index (χ0) is 14.8. The highest BCUT2D eigenvalue weighted by Crippen LogP contribution is 2.30. The highest BCUT2D eigenvalue weighted by molar-refractivity contribution is 6.30. The molecule has 0 radical (unpaired) electrons. The number of aromatic nitrogens is 1. The number of anilines is 1. The predicted octanol–water partition coefficient (Wildman–Crippen LogP) is 3.57. The molecule has 0 atom stereocenters. The topological polar surface area (TPSA) is 62.2 Å². The van der Waals surface area contributed by atoms with Crippen molar-refractivity contribution in [3.63, 3.8) is 0 Å². The molecule has 1 aromatic heterocycles. The van der Waals surface area contributed by atoms with Gasteiger partial charge in [-0.15, -0.1) is 0 Å². The van der Waals surface area contributed by atoms with Crippen LogP contribution < -0.4 is 5.32 Å². The fourth-order valence-corrected chi connectivity index (χ4v) is 2.68. The maximum atomic E-state index is 12.3. The zero-order valence-corrected chi connectivity index (χ0v) is 12.2. The fraction of sp³-hybridized carbons (Fsp3) is 0.250. The largest absolute Gasteiger partial charge is 0.507 e. The Balaban J connectivity index is 1.86. The monoisotopic (exact) mass is 302 g/mol. The van der Waals surface area contributed by atoms with Crippen molar-refractivity contribution in [2.45, 2.75) is 25.7 Å². The number of nitrogens with zero attached hydrogens (tertiary/aromatic N) is 1. The lowest BCUT2D eigenvalue weighted by atomic mass is 9.94. The number of hydrogen-bond donors (Lipinski definition) is 2. The van der Waals surface area contributed by atoms with Crippen LogP contribution >= 0.6 is 11.6 Å². The van der Waals surface area contributed by atoms with Gasteiger partial charge in [0.25, 0.3) is 5.91 Å². The Morgan fingerprint density at radius 2 is 1.90 bits per heavy atom. The number of nitrogens with one attached hydrogen (secondary N) is 1. The summed E-state index contributed by atoms with van der Waals surface area (Å²) in [4.78, 5) is 16.6. The lowest BCUT2D eigenvalue weighted by molar-refractivity contribution is 0.102. The number of halogens is 1. The summed E-state index contributed by atoms with van der Waals surface area (Å²) in [5.41, 5.74) is 2.55. The molecule has 1 amide bonds. The lowest BCUT2D eigenvalue weighted by Crippen LogP contribution is -2.15. The number of aryl methyl sites for hydroxylation is 1. The molecule has 0 bridgehead atoms. The molecule has 21 heavy (non-hydrogen) atoms.